The number of benzene rings is 1. The topological polar surface area (TPSA) is 58.6 Å². The molecule has 0 fully saturated rings. The Hall–Kier alpha value is -1.69. The van der Waals surface area contributed by atoms with Gasteiger partial charge in [-0.25, -0.2) is 8.78 Å². The molecular weight excluding hydrogens is 268 g/mol. The zero-order valence-corrected chi connectivity index (χ0v) is 11.6. The van der Waals surface area contributed by atoms with Crippen LogP contribution in [-0.4, -0.2) is 30.3 Å². The summed E-state index contributed by atoms with van der Waals surface area (Å²) in [6.07, 6.45) is 1.24. The molecule has 0 saturated carbocycles. The second-order valence-corrected chi connectivity index (χ2v) is 4.52. The molecule has 0 aliphatic heterocycles. The summed E-state index contributed by atoms with van der Waals surface area (Å²) in [5, 5.41) is 12.0. The molecule has 0 aliphatic rings. The van der Waals surface area contributed by atoms with Crippen LogP contribution in [0.15, 0.2) is 18.2 Å². The number of hydrogen-bond acceptors (Lipinski definition) is 3. The second kappa shape index (κ2) is 7.19. The predicted molar refractivity (Wildman–Crippen MR) is 70.8 cm³/mol. The van der Waals surface area contributed by atoms with Gasteiger partial charge in [0.15, 0.2) is 11.6 Å². The highest BCUT2D eigenvalue weighted by Crippen LogP contribution is 2.20. The van der Waals surface area contributed by atoms with Crippen molar-refractivity contribution in [2.24, 2.45) is 0 Å². The lowest BCUT2D eigenvalue weighted by Crippen LogP contribution is -2.50. The molecule has 0 radical (unpaired) electrons. The molecule has 2 N–H and O–H groups in total. The van der Waals surface area contributed by atoms with Crippen LogP contribution < -0.4 is 10.1 Å². The third-order valence-corrected chi connectivity index (χ3v) is 3.39. The molecule has 20 heavy (non-hydrogen) atoms. The van der Waals surface area contributed by atoms with Gasteiger partial charge in [-0.15, -0.1) is 0 Å². The fraction of sp³-hybridized carbons (Fsp3) is 0.500. The Morgan fingerprint density at radius 1 is 1.45 bits per heavy atom. The van der Waals surface area contributed by atoms with E-state index < -0.39 is 23.1 Å². The van der Waals surface area contributed by atoms with Crippen molar-refractivity contribution < 1.29 is 23.4 Å². The lowest BCUT2D eigenvalue weighted by molar-refractivity contribution is -0.145. The zero-order valence-electron chi connectivity index (χ0n) is 11.6. The van der Waals surface area contributed by atoms with Crippen LogP contribution in [0.25, 0.3) is 0 Å². The number of halogens is 2. The number of carboxylic acid groups (broad SMARTS) is 1. The molecule has 1 atom stereocenters. The van der Waals surface area contributed by atoms with Gasteiger partial charge in [-0.1, -0.05) is 6.92 Å². The van der Waals surface area contributed by atoms with Gasteiger partial charge in [0, 0.05) is 6.07 Å². The van der Waals surface area contributed by atoms with Gasteiger partial charge in [0.1, 0.15) is 11.4 Å². The first-order valence-electron chi connectivity index (χ1n) is 6.45. The van der Waals surface area contributed by atoms with E-state index in [0.29, 0.717) is 19.3 Å². The van der Waals surface area contributed by atoms with E-state index in [1.807, 2.05) is 0 Å². The van der Waals surface area contributed by atoms with Crippen molar-refractivity contribution in [3.05, 3.63) is 29.8 Å². The fourth-order valence-corrected chi connectivity index (χ4v) is 1.99. The predicted octanol–water partition coefficient (Wildman–Crippen LogP) is 2.58. The maximum atomic E-state index is 13.3. The van der Waals surface area contributed by atoms with Crippen molar-refractivity contribution in [2.45, 2.75) is 31.7 Å². The summed E-state index contributed by atoms with van der Waals surface area (Å²) >= 11 is 0. The Balaban J connectivity index is 2.50. The lowest BCUT2D eigenvalue weighted by atomic mass is 9.91. The number of rotatable bonds is 8. The molecule has 0 heterocycles. The van der Waals surface area contributed by atoms with Gasteiger partial charge in [-0.05, 0) is 38.4 Å². The van der Waals surface area contributed by atoms with Crippen LogP contribution in [0.2, 0.25) is 0 Å². The highest BCUT2D eigenvalue weighted by atomic mass is 19.1. The molecule has 1 rings (SSSR count). The number of hydrogen-bond donors (Lipinski definition) is 2. The average Bonchev–Trinajstić information content (AvgIpc) is 2.41. The highest BCUT2D eigenvalue weighted by molar-refractivity contribution is 5.78. The number of nitrogens with one attached hydrogen (secondary N) is 1. The maximum Gasteiger partial charge on any atom is 0.323 e. The highest BCUT2D eigenvalue weighted by Gasteiger charge is 2.34. The van der Waals surface area contributed by atoms with Gasteiger partial charge in [-0.2, -0.15) is 0 Å². The standard InChI is InChI=1S/C14H19F2NO3/c1-3-14(17-2,13(18)19)7-4-8-20-12-6-5-10(15)9-11(12)16/h5-6,9,17H,3-4,7-8H2,1-2H3,(H,18,19). The van der Waals surface area contributed by atoms with Crippen LogP contribution in [0.5, 0.6) is 5.75 Å². The first kappa shape index (κ1) is 16.4. The molecule has 1 aromatic carbocycles. The van der Waals surface area contributed by atoms with E-state index in [4.69, 9.17) is 4.74 Å². The Morgan fingerprint density at radius 2 is 2.15 bits per heavy atom. The number of likely N-dealkylation sites (N-methyl/N-ethyl adjacent to an activating group) is 1. The maximum absolute atomic E-state index is 13.3. The Labute approximate surface area is 116 Å². The van der Waals surface area contributed by atoms with Crippen LogP contribution in [0, 0.1) is 11.6 Å². The Morgan fingerprint density at radius 3 is 2.65 bits per heavy atom. The monoisotopic (exact) mass is 287 g/mol. The molecule has 0 amide bonds. The summed E-state index contributed by atoms with van der Waals surface area (Å²) in [6.45, 7) is 1.95. The van der Waals surface area contributed by atoms with Crippen LogP contribution in [0.4, 0.5) is 8.78 Å². The minimum absolute atomic E-state index is 0.0340. The quantitative estimate of drug-likeness (QED) is 0.722. The lowest BCUT2D eigenvalue weighted by Gasteiger charge is -2.27. The van der Waals surface area contributed by atoms with Crippen LogP contribution in [-0.2, 0) is 4.79 Å². The molecule has 0 bridgehead atoms. The van der Waals surface area contributed by atoms with Gasteiger partial charge >= 0.3 is 5.97 Å². The van der Waals surface area contributed by atoms with Gasteiger partial charge in [-0.3, -0.25) is 4.79 Å². The normalized spacial score (nSPS) is 13.8. The molecular formula is C14H19F2NO3. The van der Waals surface area contributed by atoms with Crippen molar-refractivity contribution in [3.8, 4) is 5.75 Å². The average molecular weight is 287 g/mol. The summed E-state index contributed by atoms with van der Waals surface area (Å²) in [5.41, 5.74) is -0.995. The number of ether oxygens (including phenoxy) is 1. The summed E-state index contributed by atoms with van der Waals surface area (Å²) in [5.74, 6) is -2.39. The van der Waals surface area contributed by atoms with E-state index in [1.165, 1.54) is 6.07 Å². The minimum atomic E-state index is -0.995. The van der Waals surface area contributed by atoms with Gasteiger partial charge < -0.3 is 15.2 Å². The van der Waals surface area contributed by atoms with Gasteiger partial charge in [0.05, 0.1) is 6.61 Å². The first-order chi connectivity index (χ1) is 9.45. The molecule has 1 unspecified atom stereocenters. The van der Waals surface area contributed by atoms with E-state index in [0.717, 1.165) is 12.1 Å². The van der Waals surface area contributed by atoms with Gasteiger partial charge in [0.2, 0.25) is 0 Å². The summed E-state index contributed by atoms with van der Waals surface area (Å²) in [4.78, 5) is 11.2. The van der Waals surface area contributed by atoms with Crippen LogP contribution in [0.3, 0.4) is 0 Å². The molecule has 0 aliphatic carbocycles. The zero-order chi connectivity index (χ0) is 15.2. The minimum Gasteiger partial charge on any atom is -0.491 e. The SMILES string of the molecule is CCC(CCCOc1ccc(F)cc1F)(NC)C(=O)O. The summed E-state index contributed by atoms with van der Waals surface area (Å²) in [6, 6.07) is 3.07. The summed E-state index contributed by atoms with van der Waals surface area (Å²) < 4.78 is 31.2. The summed E-state index contributed by atoms with van der Waals surface area (Å²) in [7, 11) is 1.60. The number of aliphatic carboxylic acids is 1. The Kier molecular flexibility index (Phi) is 5.88. The smallest absolute Gasteiger partial charge is 0.323 e. The first-order valence-corrected chi connectivity index (χ1v) is 6.45. The van der Waals surface area contributed by atoms with Crippen molar-refractivity contribution in [1.29, 1.82) is 0 Å². The van der Waals surface area contributed by atoms with E-state index in [-0.39, 0.29) is 12.4 Å². The van der Waals surface area contributed by atoms with Crippen molar-refractivity contribution in [1.82, 2.24) is 5.32 Å². The molecule has 6 heteroatoms. The molecule has 0 aromatic heterocycles. The molecule has 1 aromatic rings. The molecule has 112 valence electrons. The number of carbonyl (C=O) groups is 1. The molecule has 0 saturated heterocycles. The second-order valence-electron chi connectivity index (χ2n) is 4.52. The molecule has 0 spiro atoms. The third-order valence-electron chi connectivity index (χ3n) is 3.39. The van der Waals surface area contributed by atoms with Crippen molar-refractivity contribution >= 4 is 5.97 Å². The van der Waals surface area contributed by atoms with Crippen LogP contribution >= 0.6 is 0 Å². The fourth-order valence-electron chi connectivity index (χ4n) is 1.99. The van der Waals surface area contributed by atoms with Crippen LogP contribution in [0.1, 0.15) is 26.2 Å². The largest absolute Gasteiger partial charge is 0.491 e. The van der Waals surface area contributed by atoms with Crippen molar-refractivity contribution in [2.75, 3.05) is 13.7 Å². The number of carboxylic acids is 1. The van der Waals surface area contributed by atoms with Crippen molar-refractivity contribution in [3.63, 3.8) is 0 Å². The molecule has 4 nitrogen and oxygen atoms in total. The van der Waals surface area contributed by atoms with E-state index in [1.54, 1.807) is 14.0 Å². The van der Waals surface area contributed by atoms with Gasteiger partial charge in [0.25, 0.3) is 0 Å². The van der Waals surface area contributed by atoms with E-state index in [2.05, 4.69) is 5.32 Å². The third kappa shape index (κ3) is 3.90. The Bertz CT molecular complexity index is 462. The van der Waals surface area contributed by atoms with E-state index in [9.17, 15) is 18.7 Å². The van der Waals surface area contributed by atoms with E-state index >= 15 is 0 Å².